The van der Waals surface area contributed by atoms with Crippen molar-refractivity contribution in [3.05, 3.63) is 60.2 Å². The molecule has 0 fully saturated rings. The van der Waals surface area contributed by atoms with Crippen LogP contribution in [0.25, 0.3) is 11.4 Å². The zero-order valence-corrected chi connectivity index (χ0v) is 14.9. The van der Waals surface area contributed by atoms with E-state index >= 15 is 0 Å². The first-order valence-corrected chi connectivity index (χ1v) is 8.63. The van der Waals surface area contributed by atoms with Crippen molar-refractivity contribution in [2.75, 3.05) is 11.9 Å². The standard InChI is InChI=1S/C19H22N6O/c1-3-20-13-16-11-7-8-12-17(16)21-19(26)14(2)25-23-18(22-24-25)15-9-5-4-6-10-15/h4-12,14,20H,3,13H2,1-2H3,(H,21,26). The average Bonchev–Trinajstić information content (AvgIpc) is 3.17. The van der Waals surface area contributed by atoms with E-state index in [9.17, 15) is 4.79 Å². The molecule has 1 amide bonds. The molecule has 1 atom stereocenters. The van der Waals surface area contributed by atoms with Gasteiger partial charge in [-0.1, -0.05) is 55.5 Å². The first-order valence-electron chi connectivity index (χ1n) is 8.63. The highest BCUT2D eigenvalue weighted by Gasteiger charge is 2.19. The Labute approximate surface area is 152 Å². The van der Waals surface area contributed by atoms with E-state index in [1.165, 1.54) is 4.80 Å². The number of nitrogens with zero attached hydrogens (tertiary/aromatic N) is 4. The highest BCUT2D eigenvalue weighted by Crippen LogP contribution is 2.18. The van der Waals surface area contributed by atoms with Gasteiger partial charge in [-0.15, -0.1) is 10.2 Å². The summed E-state index contributed by atoms with van der Waals surface area (Å²) in [6.07, 6.45) is 0. The van der Waals surface area contributed by atoms with Crippen LogP contribution < -0.4 is 10.6 Å². The van der Waals surface area contributed by atoms with Crippen LogP contribution >= 0.6 is 0 Å². The highest BCUT2D eigenvalue weighted by molar-refractivity contribution is 5.94. The predicted molar refractivity (Wildman–Crippen MR) is 100 cm³/mol. The fourth-order valence-corrected chi connectivity index (χ4v) is 2.49. The molecular formula is C19H22N6O. The highest BCUT2D eigenvalue weighted by atomic mass is 16.2. The van der Waals surface area contributed by atoms with Crippen molar-refractivity contribution in [3.8, 4) is 11.4 Å². The molecule has 3 aromatic rings. The number of para-hydroxylation sites is 1. The van der Waals surface area contributed by atoms with Gasteiger partial charge in [0, 0.05) is 17.8 Å². The lowest BCUT2D eigenvalue weighted by molar-refractivity contribution is -0.119. The first-order chi connectivity index (χ1) is 12.7. The number of carbonyl (C=O) groups is 1. The number of amides is 1. The van der Waals surface area contributed by atoms with E-state index in [1.54, 1.807) is 6.92 Å². The third-order valence-electron chi connectivity index (χ3n) is 4.03. The fraction of sp³-hybridized carbons (Fsp3) is 0.263. The molecule has 2 aromatic carbocycles. The van der Waals surface area contributed by atoms with E-state index in [-0.39, 0.29) is 5.91 Å². The van der Waals surface area contributed by atoms with Crippen LogP contribution in [0, 0.1) is 0 Å². The van der Waals surface area contributed by atoms with Crippen LogP contribution in [0.5, 0.6) is 0 Å². The number of nitrogens with one attached hydrogen (secondary N) is 2. The molecular weight excluding hydrogens is 328 g/mol. The van der Waals surface area contributed by atoms with Crippen molar-refractivity contribution in [1.82, 2.24) is 25.5 Å². The Morgan fingerprint density at radius 1 is 1.12 bits per heavy atom. The molecule has 0 saturated carbocycles. The summed E-state index contributed by atoms with van der Waals surface area (Å²) in [7, 11) is 0. The quantitative estimate of drug-likeness (QED) is 0.684. The van der Waals surface area contributed by atoms with Crippen LogP contribution in [0.15, 0.2) is 54.6 Å². The molecule has 2 N–H and O–H groups in total. The maximum atomic E-state index is 12.6. The Kier molecular flexibility index (Phi) is 5.70. The number of hydrogen-bond acceptors (Lipinski definition) is 5. The van der Waals surface area contributed by atoms with Gasteiger partial charge in [-0.3, -0.25) is 4.79 Å². The Balaban J connectivity index is 1.72. The lowest BCUT2D eigenvalue weighted by Gasteiger charge is -2.14. The minimum Gasteiger partial charge on any atom is -0.324 e. The molecule has 1 unspecified atom stereocenters. The fourth-order valence-electron chi connectivity index (χ4n) is 2.49. The van der Waals surface area contributed by atoms with E-state index in [0.717, 1.165) is 23.4 Å². The van der Waals surface area contributed by atoms with Gasteiger partial charge in [0.25, 0.3) is 5.91 Å². The van der Waals surface area contributed by atoms with Crippen LogP contribution in [0.1, 0.15) is 25.5 Å². The van der Waals surface area contributed by atoms with Crippen molar-refractivity contribution in [2.24, 2.45) is 0 Å². The van der Waals surface area contributed by atoms with Gasteiger partial charge in [0.05, 0.1) is 0 Å². The van der Waals surface area contributed by atoms with Gasteiger partial charge in [0.1, 0.15) is 6.04 Å². The number of tetrazole rings is 1. The van der Waals surface area contributed by atoms with Crippen LogP contribution in [0.3, 0.4) is 0 Å². The van der Waals surface area contributed by atoms with Crippen LogP contribution in [0.4, 0.5) is 5.69 Å². The predicted octanol–water partition coefficient (Wildman–Crippen LogP) is 2.65. The number of hydrogen-bond donors (Lipinski definition) is 2. The second-order valence-corrected chi connectivity index (χ2v) is 5.90. The molecule has 0 bridgehead atoms. The minimum absolute atomic E-state index is 0.189. The largest absolute Gasteiger partial charge is 0.324 e. The van der Waals surface area contributed by atoms with Gasteiger partial charge in [0.15, 0.2) is 0 Å². The van der Waals surface area contributed by atoms with Gasteiger partial charge in [-0.2, -0.15) is 4.80 Å². The minimum atomic E-state index is -0.577. The summed E-state index contributed by atoms with van der Waals surface area (Å²) in [5.74, 6) is 0.309. The Morgan fingerprint density at radius 2 is 1.85 bits per heavy atom. The number of carbonyl (C=O) groups excluding carboxylic acids is 1. The monoisotopic (exact) mass is 350 g/mol. The smallest absolute Gasteiger partial charge is 0.250 e. The van der Waals surface area contributed by atoms with Crippen molar-refractivity contribution >= 4 is 11.6 Å². The summed E-state index contributed by atoms with van der Waals surface area (Å²) in [5.41, 5.74) is 2.68. The van der Waals surface area contributed by atoms with E-state index in [1.807, 2.05) is 61.5 Å². The lowest BCUT2D eigenvalue weighted by atomic mass is 10.1. The van der Waals surface area contributed by atoms with E-state index in [4.69, 9.17) is 0 Å². The summed E-state index contributed by atoms with van der Waals surface area (Å²) < 4.78 is 0. The summed E-state index contributed by atoms with van der Waals surface area (Å²) in [5, 5.41) is 18.6. The summed E-state index contributed by atoms with van der Waals surface area (Å²) in [6.45, 7) is 5.35. The van der Waals surface area contributed by atoms with Crippen LogP contribution in [-0.4, -0.2) is 32.7 Å². The molecule has 0 aliphatic carbocycles. The molecule has 26 heavy (non-hydrogen) atoms. The average molecular weight is 350 g/mol. The van der Waals surface area contributed by atoms with Gasteiger partial charge < -0.3 is 10.6 Å². The third-order valence-corrected chi connectivity index (χ3v) is 4.03. The third kappa shape index (κ3) is 4.12. The van der Waals surface area contributed by atoms with E-state index in [2.05, 4.69) is 26.0 Å². The molecule has 7 nitrogen and oxygen atoms in total. The van der Waals surface area contributed by atoms with Gasteiger partial charge in [-0.05, 0) is 30.3 Å². The molecule has 0 saturated heterocycles. The van der Waals surface area contributed by atoms with E-state index in [0.29, 0.717) is 12.4 Å². The van der Waals surface area contributed by atoms with Gasteiger partial charge in [-0.25, -0.2) is 0 Å². The van der Waals surface area contributed by atoms with Crippen molar-refractivity contribution < 1.29 is 4.79 Å². The maximum Gasteiger partial charge on any atom is 0.250 e. The number of anilines is 1. The Hall–Kier alpha value is -3.06. The summed E-state index contributed by atoms with van der Waals surface area (Å²) in [4.78, 5) is 14.0. The van der Waals surface area contributed by atoms with Crippen molar-refractivity contribution in [3.63, 3.8) is 0 Å². The number of benzene rings is 2. The molecule has 0 spiro atoms. The normalized spacial score (nSPS) is 11.9. The van der Waals surface area contributed by atoms with Gasteiger partial charge >= 0.3 is 0 Å². The van der Waals surface area contributed by atoms with Crippen LogP contribution in [-0.2, 0) is 11.3 Å². The zero-order chi connectivity index (χ0) is 18.4. The van der Waals surface area contributed by atoms with Crippen molar-refractivity contribution in [1.29, 1.82) is 0 Å². The topological polar surface area (TPSA) is 84.7 Å². The molecule has 1 heterocycles. The summed E-state index contributed by atoms with van der Waals surface area (Å²) >= 11 is 0. The first kappa shape index (κ1) is 17.8. The Bertz CT molecular complexity index is 861. The lowest BCUT2D eigenvalue weighted by Crippen LogP contribution is -2.26. The maximum absolute atomic E-state index is 12.6. The van der Waals surface area contributed by atoms with Crippen LogP contribution in [0.2, 0.25) is 0 Å². The second-order valence-electron chi connectivity index (χ2n) is 5.90. The number of rotatable bonds is 7. The SMILES string of the molecule is CCNCc1ccccc1NC(=O)C(C)n1nnc(-c2ccccc2)n1. The molecule has 1 aromatic heterocycles. The molecule has 0 radical (unpaired) electrons. The molecule has 0 aliphatic heterocycles. The van der Waals surface area contributed by atoms with E-state index < -0.39 is 6.04 Å². The molecule has 7 heteroatoms. The molecule has 134 valence electrons. The molecule has 3 rings (SSSR count). The van der Waals surface area contributed by atoms with Gasteiger partial charge in [0.2, 0.25) is 5.82 Å². The zero-order valence-electron chi connectivity index (χ0n) is 14.9. The summed E-state index contributed by atoms with van der Waals surface area (Å²) in [6, 6.07) is 16.7. The number of aromatic nitrogens is 4. The second kappa shape index (κ2) is 8.35. The Morgan fingerprint density at radius 3 is 2.62 bits per heavy atom. The van der Waals surface area contributed by atoms with Crippen molar-refractivity contribution in [2.45, 2.75) is 26.4 Å². The molecule has 0 aliphatic rings.